The summed E-state index contributed by atoms with van der Waals surface area (Å²) in [7, 11) is 0. The Balaban J connectivity index is 1.76. The summed E-state index contributed by atoms with van der Waals surface area (Å²) in [4.78, 5) is 18.1. The van der Waals surface area contributed by atoms with Gasteiger partial charge in [-0.25, -0.2) is 0 Å². The number of carboxylic acids is 1. The largest absolute Gasteiger partial charge is 0.481 e. The van der Waals surface area contributed by atoms with E-state index < -0.39 is 11.9 Å². The number of carboxylic acid groups (broad SMARTS) is 1. The van der Waals surface area contributed by atoms with Gasteiger partial charge in [-0.05, 0) is 36.8 Å². The first kappa shape index (κ1) is 14.4. The fourth-order valence-electron chi connectivity index (χ4n) is 3.61. The van der Waals surface area contributed by atoms with Crippen LogP contribution in [0.5, 0.6) is 0 Å². The lowest BCUT2D eigenvalue weighted by atomic mass is 9.96. The third kappa shape index (κ3) is 3.04. The van der Waals surface area contributed by atoms with Crippen molar-refractivity contribution in [2.24, 2.45) is 11.8 Å². The molecule has 1 aromatic rings. The number of anilines is 1. The molecule has 0 radical (unpaired) electrons. The molecule has 21 heavy (non-hydrogen) atoms. The summed E-state index contributed by atoms with van der Waals surface area (Å²) < 4.78 is 5.41. The highest BCUT2D eigenvalue weighted by Gasteiger charge is 2.41. The average Bonchev–Trinajstić information content (AvgIpc) is 2.98. The molecular weight excluding hydrogens is 270 g/mol. The van der Waals surface area contributed by atoms with E-state index in [0.717, 1.165) is 32.4 Å². The predicted octanol–water partition coefficient (Wildman–Crippen LogP) is 2.66. The molecule has 2 aliphatic rings. The molecule has 0 amide bonds. The molecule has 1 saturated carbocycles. The Kier molecular flexibility index (Phi) is 4.12. The second-order valence-corrected chi connectivity index (χ2v) is 6.46. The zero-order valence-electron chi connectivity index (χ0n) is 12.5. The summed E-state index contributed by atoms with van der Waals surface area (Å²) in [6, 6.07) is 0. The molecule has 2 fully saturated rings. The summed E-state index contributed by atoms with van der Waals surface area (Å²) in [5.41, 5.74) is 0. The highest BCUT2D eigenvalue weighted by Crippen LogP contribution is 2.42. The van der Waals surface area contributed by atoms with Crippen LogP contribution in [0.1, 0.15) is 57.3 Å². The first-order chi connectivity index (χ1) is 10.1. The van der Waals surface area contributed by atoms with Gasteiger partial charge in [0.25, 0.3) is 5.95 Å². The molecular formula is C15H23N3O3. The lowest BCUT2D eigenvalue weighted by Crippen LogP contribution is -2.25. The summed E-state index contributed by atoms with van der Waals surface area (Å²) >= 11 is 0. The zero-order valence-corrected chi connectivity index (χ0v) is 12.5. The quantitative estimate of drug-likeness (QED) is 0.923. The molecule has 3 unspecified atom stereocenters. The van der Waals surface area contributed by atoms with Crippen LogP contribution < -0.4 is 4.90 Å². The van der Waals surface area contributed by atoms with Crippen molar-refractivity contribution >= 4 is 11.9 Å². The van der Waals surface area contributed by atoms with E-state index in [1.165, 1.54) is 12.8 Å². The van der Waals surface area contributed by atoms with E-state index in [1.807, 2.05) is 0 Å². The van der Waals surface area contributed by atoms with Crippen molar-refractivity contribution in [1.29, 1.82) is 0 Å². The smallest absolute Gasteiger partial charge is 0.307 e. The van der Waals surface area contributed by atoms with E-state index in [0.29, 0.717) is 24.2 Å². The van der Waals surface area contributed by atoms with Crippen LogP contribution in [0.2, 0.25) is 0 Å². The van der Waals surface area contributed by atoms with Gasteiger partial charge in [-0.3, -0.25) is 4.79 Å². The van der Waals surface area contributed by atoms with E-state index in [1.54, 1.807) is 0 Å². The van der Waals surface area contributed by atoms with Gasteiger partial charge in [-0.15, -0.1) is 0 Å². The van der Waals surface area contributed by atoms with E-state index >= 15 is 0 Å². The number of nitrogens with zero attached hydrogens (tertiary/aromatic N) is 3. The minimum absolute atomic E-state index is 0.134. The SMILES string of the molecule is CC1CC(C(=O)O)C(c2nc(N3CCCCCC3)no2)C1. The monoisotopic (exact) mass is 293 g/mol. The van der Waals surface area contributed by atoms with Crippen molar-refractivity contribution in [2.45, 2.75) is 51.4 Å². The minimum atomic E-state index is -0.751. The molecule has 0 spiro atoms. The molecule has 1 aliphatic heterocycles. The zero-order chi connectivity index (χ0) is 14.8. The highest BCUT2D eigenvalue weighted by atomic mass is 16.5. The van der Waals surface area contributed by atoms with Gasteiger partial charge >= 0.3 is 5.97 Å². The Morgan fingerprint density at radius 2 is 1.95 bits per heavy atom. The Labute approximate surface area is 124 Å². The number of aliphatic carboxylic acids is 1. The standard InChI is InChI=1S/C15H23N3O3/c1-10-8-11(12(9-10)14(19)20)13-16-15(17-21-13)18-6-4-2-3-5-7-18/h10-12H,2-9H2,1H3,(H,19,20). The number of hydrogen-bond donors (Lipinski definition) is 1. The van der Waals surface area contributed by atoms with Crippen LogP contribution in [-0.2, 0) is 4.79 Å². The van der Waals surface area contributed by atoms with Crippen molar-refractivity contribution < 1.29 is 14.4 Å². The van der Waals surface area contributed by atoms with Crippen LogP contribution in [0.25, 0.3) is 0 Å². The first-order valence-electron chi connectivity index (χ1n) is 7.96. The summed E-state index contributed by atoms with van der Waals surface area (Å²) in [5, 5.41) is 13.4. The second kappa shape index (κ2) is 6.03. The van der Waals surface area contributed by atoms with Gasteiger partial charge in [-0.1, -0.05) is 19.8 Å². The van der Waals surface area contributed by atoms with Crippen LogP contribution in [-0.4, -0.2) is 34.3 Å². The van der Waals surface area contributed by atoms with Gasteiger partial charge in [0, 0.05) is 13.1 Å². The number of aromatic nitrogens is 2. The topological polar surface area (TPSA) is 79.5 Å². The van der Waals surface area contributed by atoms with Crippen molar-refractivity contribution in [2.75, 3.05) is 18.0 Å². The lowest BCUT2D eigenvalue weighted by molar-refractivity contribution is -0.142. The van der Waals surface area contributed by atoms with Gasteiger partial charge in [0.05, 0.1) is 11.8 Å². The molecule has 1 aliphatic carbocycles. The summed E-state index contributed by atoms with van der Waals surface area (Å²) in [6.07, 6.45) is 6.33. The molecule has 1 saturated heterocycles. The Morgan fingerprint density at radius 3 is 2.62 bits per heavy atom. The average molecular weight is 293 g/mol. The normalized spacial score (nSPS) is 30.3. The van der Waals surface area contributed by atoms with E-state index in [4.69, 9.17) is 4.52 Å². The second-order valence-electron chi connectivity index (χ2n) is 6.46. The number of hydrogen-bond acceptors (Lipinski definition) is 5. The van der Waals surface area contributed by atoms with Gasteiger partial charge < -0.3 is 14.5 Å². The Hall–Kier alpha value is -1.59. The molecule has 0 aromatic carbocycles. The van der Waals surface area contributed by atoms with Gasteiger partial charge in [-0.2, -0.15) is 4.98 Å². The van der Waals surface area contributed by atoms with Crippen LogP contribution >= 0.6 is 0 Å². The maximum Gasteiger partial charge on any atom is 0.307 e. The lowest BCUT2D eigenvalue weighted by Gasteiger charge is -2.16. The molecule has 0 bridgehead atoms. The third-order valence-electron chi connectivity index (χ3n) is 4.75. The minimum Gasteiger partial charge on any atom is -0.481 e. The Morgan fingerprint density at radius 1 is 1.24 bits per heavy atom. The molecule has 3 atom stereocenters. The van der Waals surface area contributed by atoms with Crippen LogP contribution in [0, 0.1) is 11.8 Å². The maximum atomic E-state index is 11.4. The van der Waals surface area contributed by atoms with E-state index in [-0.39, 0.29) is 5.92 Å². The Bertz CT molecular complexity index is 494. The van der Waals surface area contributed by atoms with Crippen LogP contribution in [0.3, 0.4) is 0 Å². The third-order valence-corrected chi connectivity index (χ3v) is 4.75. The molecule has 6 heteroatoms. The van der Waals surface area contributed by atoms with Gasteiger partial charge in [0.2, 0.25) is 5.89 Å². The molecule has 1 aromatic heterocycles. The van der Waals surface area contributed by atoms with Gasteiger partial charge in [0.15, 0.2) is 0 Å². The molecule has 116 valence electrons. The maximum absolute atomic E-state index is 11.4. The summed E-state index contributed by atoms with van der Waals surface area (Å²) in [6.45, 7) is 4.01. The highest BCUT2D eigenvalue weighted by molar-refractivity contribution is 5.71. The molecule has 6 nitrogen and oxygen atoms in total. The number of carbonyl (C=O) groups is 1. The van der Waals surface area contributed by atoms with Gasteiger partial charge in [0.1, 0.15) is 0 Å². The molecule has 2 heterocycles. The van der Waals surface area contributed by atoms with E-state index in [9.17, 15) is 9.90 Å². The predicted molar refractivity (Wildman–Crippen MR) is 77.2 cm³/mol. The summed E-state index contributed by atoms with van der Waals surface area (Å²) in [5.74, 6) is 0.258. The van der Waals surface area contributed by atoms with Crippen molar-refractivity contribution in [3.05, 3.63) is 5.89 Å². The van der Waals surface area contributed by atoms with Crippen molar-refractivity contribution in [1.82, 2.24) is 10.1 Å². The fraction of sp³-hybridized carbons (Fsp3) is 0.800. The van der Waals surface area contributed by atoms with Crippen LogP contribution in [0.4, 0.5) is 5.95 Å². The van der Waals surface area contributed by atoms with Crippen molar-refractivity contribution in [3.63, 3.8) is 0 Å². The van der Waals surface area contributed by atoms with Crippen molar-refractivity contribution in [3.8, 4) is 0 Å². The van der Waals surface area contributed by atoms with Crippen LogP contribution in [0.15, 0.2) is 4.52 Å². The fourth-order valence-corrected chi connectivity index (χ4v) is 3.61. The first-order valence-corrected chi connectivity index (χ1v) is 7.96. The molecule has 3 rings (SSSR count). The number of rotatable bonds is 3. The van der Waals surface area contributed by atoms with E-state index in [2.05, 4.69) is 22.0 Å². The molecule has 1 N–H and O–H groups in total.